The van der Waals surface area contributed by atoms with Crippen molar-refractivity contribution >= 4 is 35.5 Å². The standard InChI is InChI=1S/C37H45N11O6/c1-21-18-47(20-40-21)33-38-16-25(17-39-33)12-13-27-14-26(15-28(43-27)44-32(50)22(2)48(34(51)52)19-36(5,6)7)30-29(23(3)49)31(42-24(4)41-30)45-46(11)35(53)54-37(8,9)10/h14-18,20,22H,19H2,1-11H3,(H,51,52)(H,41,42,45)(H,43,44,50). The summed E-state index contributed by atoms with van der Waals surface area (Å²) in [4.78, 5) is 79.2. The van der Waals surface area contributed by atoms with E-state index < -0.39 is 40.9 Å². The maximum Gasteiger partial charge on any atom is 0.428 e. The molecule has 4 rings (SSSR count). The Balaban J connectivity index is 1.81. The number of hydrazine groups is 1. The molecule has 1 unspecified atom stereocenters. The van der Waals surface area contributed by atoms with E-state index in [4.69, 9.17) is 4.74 Å². The maximum atomic E-state index is 13.5. The molecule has 54 heavy (non-hydrogen) atoms. The number of imidazole rings is 1. The lowest BCUT2D eigenvalue weighted by molar-refractivity contribution is -0.120. The van der Waals surface area contributed by atoms with Gasteiger partial charge in [-0.1, -0.05) is 26.7 Å². The van der Waals surface area contributed by atoms with E-state index >= 15 is 0 Å². The van der Waals surface area contributed by atoms with Crippen LogP contribution in [0, 0.1) is 31.1 Å². The van der Waals surface area contributed by atoms with Crippen LogP contribution >= 0.6 is 0 Å². The average Bonchev–Trinajstić information content (AvgIpc) is 3.50. The SMILES string of the molecule is CC(=O)c1c(NN(C)C(=O)OC(C)(C)C)nc(C)nc1-c1cc(C#Cc2cnc(-n3cnc(C)c3)nc2)nc(NC(=O)C(C)N(CC(C)(C)C)C(=O)O)c1. The van der Waals surface area contributed by atoms with Gasteiger partial charge in [-0.05, 0) is 71.9 Å². The molecule has 1 atom stereocenters. The van der Waals surface area contributed by atoms with Gasteiger partial charge in [-0.2, -0.15) is 0 Å². The zero-order valence-electron chi connectivity index (χ0n) is 32.3. The summed E-state index contributed by atoms with van der Waals surface area (Å²) >= 11 is 0. The van der Waals surface area contributed by atoms with Crippen LogP contribution in [0.3, 0.4) is 0 Å². The van der Waals surface area contributed by atoms with E-state index in [1.54, 1.807) is 50.9 Å². The molecule has 0 saturated carbocycles. The largest absolute Gasteiger partial charge is 0.465 e. The van der Waals surface area contributed by atoms with E-state index in [1.807, 2.05) is 27.7 Å². The molecule has 0 aliphatic rings. The molecule has 3 N–H and O–H groups in total. The third-order valence-electron chi connectivity index (χ3n) is 7.32. The molecular formula is C37H45N11O6. The van der Waals surface area contributed by atoms with E-state index in [-0.39, 0.29) is 41.0 Å². The highest BCUT2D eigenvalue weighted by Crippen LogP contribution is 2.30. The second-order valence-corrected chi connectivity index (χ2v) is 14.8. The van der Waals surface area contributed by atoms with Crippen molar-refractivity contribution in [3.05, 3.63) is 65.4 Å². The molecule has 284 valence electrons. The van der Waals surface area contributed by atoms with Gasteiger partial charge >= 0.3 is 12.2 Å². The number of carbonyl (C=O) groups excluding carboxylic acids is 3. The Labute approximate surface area is 313 Å². The van der Waals surface area contributed by atoms with Gasteiger partial charge in [0.05, 0.1) is 22.5 Å². The van der Waals surface area contributed by atoms with Gasteiger partial charge in [0.2, 0.25) is 11.9 Å². The van der Waals surface area contributed by atoms with E-state index in [0.29, 0.717) is 17.1 Å². The Morgan fingerprint density at radius 2 is 1.65 bits per heavy atom. The number of carboxylic acid groups (broad SMARTS) is 1. The molecule has 0 fully saturated rings. The number of ether oxygens (including phenoxy) is 1. The monoisotopic (exact) mass is 739 g/mol. The van der Waals surface area contributed by atoms with E-state index in [0.717, 1.165) is 15.6 Å². The minimum Gasteiger partial charge on any atom is -0.465 e. The van der Waals surface area contributed by atoms with Crippen molar-refractivity contribution in [1.29, 1.82) is 0 Å². The van der Waals surface area contributed by atoms with Gasteiger partial charge in [0.25, 0.3) is 0 Å². The Morgan fingerprint density at radius 1 is 0.981 bits per heavy atom. The van der Waals surface area contributed by atoms with E-state index in [9.17, 15) is 24.3 Å². The Kier molecular flexibility index (Phi) is 12.0. The molecule has 0 radical (unpaired) electrons. The molecule has 0 saturated heterocycles. The summed E-state index contributed by atoms with van der Waals surface area (Å²) in [7, 11) is 1.43. The highest BCUT2D eigenvalue weighted by atomic mass is 16.6. The lowest BCUT2D eigenvalue weighted by Gasteiger charge is -2.31. The smallest absolute Gasteiger partial charge is 0.428 e. The van der Waals surface area contributed by atoms with Gasteiger partial charge in [0.1, 0.15) is 35.3 Å². The first-order valence-electron chi connectivity index (χ1n) is 16.9. The second-order valence-electron chi connectivity index (χ2n) is 14.8. The maximum absolute atomic E-state index is 13.5. The van der Waals surface area contributed by atoms with E-state index in [2.05, 4.69) is 52.5 Å². The number of rotatable bonds is 9. The van der Waals surface area contributed by atoms with Crippen molar-refractivity contribution < 1.29 is 29.0 Å². The highest BCUT2D eigenvalue weighted by Gasteiger charge is 2.30. The van der Waals surface area contributed by atoms with Crippen LogP contribution < -0.4 is 10.7 Å². The van der Waals surface area contributed by atoms with Gasteiger partial charge in [-0.3, -0.25) is 24.5 Å². The molecule has 17 nitrogen and oxygen atoms in total. The highest BCUT2D eigenvalue weighted by molar-refractivity contribution is 6.04. The van der Waals surface area contributed by atoms with Crippen LogP contribution in [0.25, 0.3) is 17.2 Å². The van der Waals surface area contributed by atoms with Crippen molar-refractivity contribution in [1.82, 2.24) is 44.4 Å². The third-order valence-corrected chi connectivity index (χ3v) is 7.32. The molecule has 0 aliphatic heterocycles. The number of carbonyl (C=O) groups is 4. The first-order valence-corrected chi connectivity index (χ1v) is 16.9. The van der Waals surface area contributed by atoms with Gasteiger partial charge in [-0.15, -0.1) is 0 Å². The number of amides is 3. The summed E-state index contributed by atoms with van der Waals surface area (Å²) < 4.78 is 7.11. The van der Waals surface area contributed by atoms with Crippen LogP contribution in [0.15, 0.2) is 37.1 Å². The first kappa shape index (κ1) is 40.3. The fourth-order valence-corrected chi connectivity index (χ4v) is 4.97. The second kappa shape index (κ2) is 16.1. The average molecular weight is 740 g/mol. The minimum atomic E-state index is -1.25. The molecular weight excluding hydrogens is 694 g/mol. The first-order chi connectivity index (χ1) is 25.1. The van der Waals surface area contributed by atoms with Crippen LogP contribution in [-0.2, 0) is 9.53 Å². The number of nitrogens with zero attached hydrogens (tertiary/aromatic N) is 9. The van der Waals surface area contributed by atoms with Crippen molar-refractivity contribution in [3.63, 3.8) is 0 Å². The van der Waals surface area contributed by atoms with Crippen molar-refractivity contribution in [2.75, 3.05) is 24.3 Å². The molecule has 0 aromatic carbocycles. The molecule has 4 aromatic heterocycles. The Morgan fingerprint density at radius 3 is 2.20 bits per heavy atom. The van der Waals surface area contributed by atoms with Crippen molar-refractivity contribution in [2.45, 2.75) is 80.9 Å². The number of nitrogens with one attached hydrogen (secondary N) is 2. The lowest BCUT2D eigenvalue weighted by atomic mass is 9.95. The number of Topliss-reactive ketones (excluding diaryl/α,β-unsaturated/α-hetero) is 1. The number of ketones is 1. The van der Waals surface area contributed by atoms with Crippen LogP contribution in [0.4, 0.5) is 21.2 Å². The van der Waals surface area contributed by atoms with Crippen LogP contribution in [0.2, 0.25) is 0 Å². The van der Waals surface area contributed by atoms with Crippen LogP contribution in [-0.4, -0.2) is 98.6 Å². The molecule has 0 spiro atoms. The van der Waals surface area contributed by atoms with Crippen LogP contribution in [0.1, 0.15) is 88.5 Å². The van der Waals surface area contributed by atoms with E-state index in [1.165, 1.54) is 39.4 Å². The quantitative estimate of drug-likeness (QED) is 0.113. The zero-order chi connectivity index (χ0) is 40.1. The van der Waals surface area contributed by atoms with Gasteiger partial charge in [0, 0.05) is 37.7 Å². The van der Waals surface area contributed by atoms with Gasteiger partial charge in [-0.25, -0.2) is 44.5 Å². The molecule has 0 aliphatic carbocycles. The van der Waals surface area contributed by atoms with Crippen molar-refractivity contribution in [3.8, 4) is 29.0 Å². The Hall–Kier alpha value is -6.44. The topological polar surface area (TPSA) is 211 Å². The molecule has 17 heteroatoms. The molecule has 3 amide bonds. The fraction of sp³-hybridized carbons (Fsp3) is 0.405. The predicted octanol–water partition coefficient (Wildman–Crippen LogP) is 5.28. The lowest BCUT2D eigenvalue weighted by Crippen LogP contribution is -2.48. The summed E-state index contributed by atoms with van der Waals surface area (Å²) in [6.45, 7) is 17.1. The Bertz CT molecular complexity index is 2120. The summed E-state index contributed by atoms with van der Waals surface area (Å²) in [5, 5.41) is 13.7. The summed E-state index contributed by atoms with van der Waals surface area (Å²) in [5.41, 5.74) is 3.58. The molecule has 4 aromatic rings. The molecule has 0 bridgehead atoms. The number of aromatic nitrogens is 7. The predicted molar refractivity (Wildman–Crippen MR) is 200 cm³/mol. The number of hydrogen-bond donors (Lipinski definition) is 3. The normalized spacial score (nSPS) is 11.8. The van der Waals surface area contributed by atoms with Gasteiger partial charge < -0.3 is 15.2 Å². The minimum absolute atomic E-state index is 0.0166. The number of hydrogen-bond acceptors (Lipinski definition) is 12. The summed E-state index contributed by atoms with van der Waals surface area (Å²) in [6.07, 6.45) is 4.49. The zero-order valence-corrected chi connectivity index (χ0v) is 32.3. The van der Waals surface area contributed by atoms with Crippen molar-refractivity contribution in [2.24, 2.45) is 5.41 Å². The number of aryl methyl sites for hydroxylation is 2. The molecule has 4 heterocycles. The fourth-order valence-electron chi connectivity index (χ4n) is 4.97. The summed E-state index contributed by atoms with van der Waals surface area (Å²) in [6, 6.07) is 1.98. The summed E-state index contributed by atoms with van der Waals surface area (Å²) in [5.74, 6) is 5.57. The van der Waals surface area contributed by atoms with Crippen LogP contribution in [0.5, 0.6) is 0 Å². The number of pyridine rings is 1. The third kappa shape index (κ3) is 10.8. The number of anilines is 2. The van der Waals surface area contributed by atoms with Gasteiger partial charge in [0.15, 0.2) is 11.6 Å².